The van der Waals surface area contributed by atoms with Gasteiger partial charge >= 0.3 is 0 Å². The SMILES string of the molecule is Cc1cc(NS(=O)(=O)c2cccc(Cl)c2)c(C)cc1O. The second-order valence-corrected chi connectivity index (χ2v) is 6.64. The minimum atomic E-state index is -3.70. The second-order valence-electron chi connectivity index (χ2n) is 4.52. The fourth-order valence-corrected chi connectivity index (χ4v) is 3.17. The molecule has 0 radical (unpaired) electrons. The summed E-state index contributed by atoms with van der Waals surface area (Å²) >= 11 is 5.81. The molecule has 2 N–H and O–H groups in total. The standard InChI is InChI=1S/C14H14ClNO3S/c1-9-7-14(17)10(2)6-13(9)16-20(18,19)12-5-3-4-11(15)8-12/h3-8,16-17H,1-2H3. The van der Waals surface area contributed by atoms with Crippen molar-refractivity contribution in [1.29, 1.82) is 0 Å². The van der Waals surface area contributed by atoms with Crippen molar-refractivity contribution in [1.82, 2.24) is 0 Å². The molecule has 2 rings (SSSR count). The molecule has 0 saturated carbocycles. The zero-order valence-corrected chi connectivity index (χ0v) is 12.6. The zero-order chi connectivity index (χ0) is 14.9. The van der Waals surface area contributed by atoms with Gasteiger partial charge in [0.2, 0.25) is 0 Å². The predicted molar refractivity (Wildman–Crippen MR) is 79.8 cm³/mol. The third kappa shape index (κ3) is 3.05. The number of anilines is 1. The largest absolute Gasteiger partial charge is 0.508 e. The topological polar surface area (TPSA) is 66.4 Å². The van der Waals surface area contributed by atoms with E-state index >= 15 is 0 Å². The number of hydrogen-bond donors (Lipinski definition) is 2. The van der Waals surface area contributed by atoms with Crippen molar-refractivity contribution in [2.75, 3.05) is 4.72 Å². The van der Waals surface area contributed by atoms with Crippen LogP contribution in [-0.4, -0.2) is 13.5 Å². The van der Waals surface area contributed by atoms with Gasteiger partial charge in [0.25, 0.3) is 10.0 Å². The predicted octanol–water partition coefficient (Wildman–Crippen LogP) is 3.46. The first-order valence-corrected chi connectivity index (χ1v) is 7.74. The number of aromatic hydroxyl groups is 1. The van der Waals surface area contributed by atoms with Crippen LogP contribution in [0.15, 0.2) is 41.3 Å². The number of aryl methyl sites for hydroxylation is 2. The van der Waals surface area contributed by atoms with Gasteiger partial charge in [-0.05, 0) is 55.3 Å². The lowest BCUT2D eigenvalue weighted by Crippen LogP contribution is -2.13. The van der Waals surface area contributed by atoms with Crippen LogP contribution >= 0.6 is 11.6 Å². The summed E-state index contributed by atoms with van der Waals surface area (Å²) < 4.78 is 27.0. The summed E-state index contributed by atoms with van der Waals surface area (Å²) in [7, 11) is -3.70. The highest BCUT2D eigenvalue weighted by Crippen LogP contribution is 2.27. The number of nitrogens with one attached hydrogen (secondary N) is 1. The van der Waals surface area contributed by atoms with Crippen LogP contribution in [0.4, 0.5) is 5.69 Å². The van der Waals surface area contributed by atoms with Gasteiger partial charge in [0.15, 0.2) is 0 Å². The fourth-order valence-electron chi connectivity index (χ4n) is 1.75. The Balaban J connectivity index is 2.41. The smallest absolute Gasteiger partial charge is 0.261 e. The molecule has 0 saturated heterocycles. The van der Waals surface area contributed by atoms with E-state index in [4.69, 9.17) is 11.6 Å². The summed E-state index contributed by atoms with van der Waals surface area (Å²) in [5, 5.41) is 9.93. The quantitative estimate of drug-likeness (QED) is 0.853. The Hall–Kier alpha value is -1.72. The minimum absolute atomic E-state index is 0.0927. The summed E-state index contributed by atoms with van der Waals surface area (Å²) in [6.07, 6.45) is 0. The van der Waals surface area contributed by atoms with Crippen molar-refractivity contribution >= 4 is 27.3 Å². The fraction of sp³-hybridized carbons (Fsp3) is 0.143. The van der Waals surface area contributed by atoms with E-state index in [1.165, 1.54) is 18.2 Å². The molecular formula is C14H14ClNO3S. The Labute approximate surface area is 123 Å². The van der Waals surface area contributed by atoms with E-state index in [9.17, 15) is 13.5 Å². The lowest BCUT2D eigenvalue weighted by atomic mass is 10.1. The van der Waals surface area contributed by atoms with E-state index in [1.54, 1.807) is 32.0 Å². The van der Waals surface area contributed by atoms with Crippen LogP contribution in [-0.2, 0) is 10.0 Å². The first-order chi connectivity index (χ1) is 9.29. The number of rotatable bonds is 3. The Bertz CT molecular complexity index is 757. The molecule has 0 heterocycles. The molecule has 0 aliphatic rings. The van der Waals surface area contributed by atoms with E-state index in [0.29, 0.717) is 21.8 Å². The molecule has 0 unspecified atom stereocenters. The Morgan fingerprint density at radius 2 is 1.80 bits per heavy atom. The van der Waals surface area contributed by atoms with Gasteiger partial charge in [0.05, 0.1) is 10.6 Å². The third-order valence-corrected chi connectivity index (χ3v) is 4.49. The van der Waals surface area contributed by atoms with Crippen LogP contribution in [0.3, 0.4) is 0 Å². The van der Waals surface area contributed by atoms with Crippen LogP contribution < -0.4 is 4.72 Å². The van der Waals surface area contributed by atoms with Gasteiger partial charge in [-0.2, -0.15) is 0 Å². The molecule has 0 aromatic heterocycles. The summed E-state index contributed by atoms with van der Waals surface area (Å²) in [5.74, 6) is 0.133. The summed E-state index contributed by atoms with van der Waals surface area (Å²) in [4.78, 5) is 0.0927. The molecule has 0 atom stereocenters. The van der Waals surface area contributed by atoms with Crippen molar-refractivity contribution in [3.05, 3.63) is 52.5 Å². The van der Waals surface area contributed by atoms with E-state index in [1.807, 2.05) is 0 Å². The van der Waals surface area contributed by atoms with Crippen molar-refractivity contribution in [2.45, 2.75) is 18.7 Å². The van der Waals surface area contributed by atoms with E-state index in [-0.39, 0.29) is 10.6 Å². The Morgan fingerprint density at radius 3 is 2.45 bits per heavy atom. The van der Waals surface area contributed by atoms with Crippen molar-refractivity contribution in [3.8, 4) is 5.75 Å². The molecule has 0 aliphatic carbocycles. The van der Waals surface area contributed by atoms with Gasteiger partial charge in [-0.15, -0.1) is 0 Å². The number of hydrogen-bond acceptors (Lipinski definition) is 3. The molecular weight excluding hydrogens is 298 g/mol. The average Bonchev–Trinajstić information content (AvgIpc) is 2.36. The molecule has 0 bridgehead atoms. The molecule has 20 heavy (non-hydrogen) atoms. The van der Waals surface area contributed by atoms with E-state index < -0.39 is 10.0 Å². The Kier molecular flexibility index (Phi) is 3.92. The van der Waals surface area contributed by atoms with Gasteiger partial charge in [-0.1, -0.05) is 17.7 Å². The molecule has 2 aromatic rings. The highest BCUT2D eigenvalue weighted by molar-refractivity contribution is 7.92. The van der Waals surface area contributed by atoms with E-state index in [2.05, 4.69) is 4.72 Å². The van der Waals surface area contributed by atoms with Gasteiger partial charge in [0.1, 0.15) is 5.75 Å². The molecule has 0 aliphatic heterocycles. The molecule has 0 amide bonds. The Morgan fingerprint density at radius 1 is 1.10 bits per heavy atom. The number of phenols is 1. The maximum absolute atomic E-state index is 12.3. The average molecular weight is 312 g/mol. The highest BCUT2D eigenvalue weighted by Gasteiger charge is 2.16. The maximum Gasteiger partial charge on any atom is 0.261 e. The normalized spacial score (nSPS) is 11.3. The second kappa shape index (κ2) is 5.34. The van der Waals surface area contributed by atoms with Crippen LogP contribution in [0.2, 0.25) is 5.02 Å². The summed E-state index contributed by atoms with van der Waals surface area (Å²) in [6.45, 7) is 3.42. The molecule has 106 valence electrons. The highest BCUT2D eigenvalue weighted by atomic mass is 35.5. The van der Waals surface area contributed by atoms with Crippen LogP contribution in [0.25, 0.3) is 0 Å². The molecule has 2 aromatic carbocycles. The van der Waals surface area contributed by atoms with Crippen LogP contribution in [0.5, 0.6) is 5.75 Å². The maximum atomic E-state index is 12.3. The van der Waals surface area contributed by atoms with Gasteiger partial charge < -0.3 is 5.11 Å². The van der Waals surface area contributed by atoms with Crippen molar-refractivity contribution in [2.24, 2.45) is 0 Å². The lowest BCUT2D eigenvalue weighted by molar-refractivity contribution is 0.471. The van der Waals surface area contributed by atoms with Crippen molar-refractivity contribution < 1.29 is 13.5 Å². The molecule has 6 heteroatoms. The number of sulfonamides is 1. The van der Waals surface area contributed by atoms with E-state index in [0.717, 1.165) is 0 Å². The van der Waals surface area contributed by atoms with Crippen molar-refractivity contribution in [3.63, 3.8) is 0 Å². The van der Waals surface area contributed by atoms with Crippen LogP contribution in [0.1, 0.15) is 11.1 Å². The number of halogens is 1. The zero-order valence-electron chi connectivity index (χ0n) is 11.0. The van der Waals surface area contributed by atoms with Gasteiger partial charge in [-0.3, -0.25) is 4.72 Å². The summed E-state index contributed by atoms with van der Waals surface area (Å²) in [5.41, 5.74) is 1.67. The lowest BCUT2D eigenvalue weighted by Gasteiger charge is -2.12. The van der Waals surface area contributed by atoms with Crippen LogP contribution in [0, 0.1) is 13.8 Å². The monoisotopic (exact) mass is 311 g/mol. The molecule has 0 fully saturated rings. The number of phenolic OH excluding ortho intramolecular Hbond substituents is 1. The molecule has 0 spiro atoms. The van der Waals surface area contributed by atoms with Gasteiger partial charge in [-0.25, -0.2) is 8.42 Å². The third-order valence-electron chi connectivity index (χ3n) is 2.89. The first kappa shape index (κ1) is 14.7. The molecule has 4 nitrogen and oxygen atoms in total. The first-order valence-electron chi connectivity index (χ1n) is 5.88. The number of benzene rings is 2. The minimum Gasteiger partial charge on any atom is -0.508 e. The summed E-state index contributed by atoms with van der Waals surface area (Å²) in [6, 6.07) is 9.14. The van der Waals surface area contributed by atoms with Gasteiger partial charge in [0, 0.05) is 5.02 Å².